The molecule has 0 aromatic heterocycles. The van der Waals surface area contributed by atoms with Gasteiger partial charge in [0.1, 0.15) is 5.82 Å². The highest BCUT2D eigenvalue weighted by atomic mass is 19.1. The van der Waals surface area contributed by atoms with Gasteiger partial charge in [0.25, 0.3) is 0 Å². The second-order valence-corrected chi connectivity index (χ2v) is 4.75. The molecule has 0 radical (unpaired) electrons. The SMILES string of the molecule is CN(C(=O)CNCCc1ccccc1F)C1CC1. The van der Waals surface area contributed by atoms with Gasteiger partial charge in [0.15, 0.2) is 0 Å². The number of carbonyl (C=O) groups is 1. The van der Waals surface area contributed by atoms with E-state index in [0.29, 0.717) is 31.1 Å². The molecule has 4 heteroatoms. The van der Waals surface area contributed by atoms with Gasteiger partial charge in [-0.05, 0) is 37.4 Å². The topological polar surface area (TPSA) is 32.3 Å². The minimum absolute atomic E-state index is 0.117. The lowest BCUT2D eigenvalue weighted by molar-refractivity contribution is -0.129. The third-order valence-corrected chi connectivity index (χ3v) is 3.29. The van der Waals surface area contributed by atoms with Crippen molar-refractivity contribution in [3.8, 4) is 0 Å². The van der Waals surface area contributed by atoms with Gasteiger partial charge in [0.2, 0.25) is 5.91 Å². The minimum Gasteiger partial charge on any atom is -0.342 e. The van der Waals surface area contributed by atoms with Crippen LogP contribution in [0, 0.1) is 5.82 Å². The number of hydrogen-bond acceptors (Lipinski definition) is 2. The minimum atomic E-state index is -0.180. The van der Waals surface area contributed by atoms with E-state index in [1.54, 1.807) is 17.0 Å². The maximum Gasteiger partial charge on any atom is 0.236 e. The van der Waals surface area contributed by atoms with Crippen molar-refractivity contribution in [1.29, 1.82) is 0 Å². The summed E-state index contributed by atoms with van der Waals surface area (Å²) in [4.78, 5) is 13.5. The number of halogens is 1. The lowest BCUT2D eigenvalue weighted by atomic mass is 10.1. The fourth-order valence-electron chi connectivity index (χ4n) is 1.91. The van der Waals surface area contributed by atoms with Crippen LogP contribution < -0.4 is 5.32 Å². The Labute approximate surface area is 107 Å². The second kappa shape index (κ2) is 5.96. The Balaban J connectivity index is 1.66. The van der Waals surface area contributed by atoms with Gasteiger partial charge < -0.3 is 10.2 Å². The summed E-state index contributed by atoms with van der Waals surface area (Å²) in [6.07, 6.45) is 2.85. The molecule has 98 valence electrons. The van der Waals surface area contributed by atoms with Gasteiger partial charge in [-0.1, -0.05) is 18.2 Å². The highest BCUT2D eigenvalue weighted by molar-refractivity contribution is 5.78. The first kappa shape index (κ1) is 13.0. The maximum absolute atomic E-state index is 13.3. The molecule has 1 N–H and O–H groups in total. The molecule has 1 aromatic rings. The third kappa shape index (κ3) is 3.53. The average molecular weight is 250 g/mol. The van der Waals surface area contributed by atoms with Crippen LogP contribution in [0.25, 0.3) is 0 Å². The number of nitrogens with zero attached hydrogens (tertiary/aromatic N) is 1. The van der Waals surface area contributed by atoms with Crippen LogP contribution in [0.2, 0.25) is 0 Å². The normalized spacial score (nSPS) is 14.6. The molecule has 0 aliphatic heterocycles. The summed E-state index contributed by atoms with van der Waals surface area (Å²) in [5.41, 5.74) is 0.688. The number of amides is 1. The largest absolute Gasteiger partial charge is 0.342 e. The zero-order valence-corrected chi connectivity index (χ0v) is 10.7. The molecule has 1 amide bonds. The highest BCUT2D eigenvalue weighted by Gasteiger charge is 2.28. The molecule has 0 spiro atoms. The second-order valence-electron chi connectivity index (χ2n) is 4.75. The molecule has 1 aromatic carbocycles. The molecule has 3 nitrogen and oxygen atoms in total. The number of rotatable bonds is 6. The summed E-state index contributed by atoms with van der Waals surface area (Å²) >= 11 is 0. The summed E-state index contributed by atoms with van der Waals surface area (Å²) in [5.74, 6) is -0.0632. The number of benzene rings is 1. The molecule has 0 heterocycles. The summed E-state index contributed by atoms with van der Waals surface area (Å²) in [6.45, 7) is 0.951. The van der Waals surface area contributed by atoms with Crippen molar-refractivity contribution in [3.05, 3.63) is 35.6 Å². The lowest BCUT2D eigenvalue weighted by Gasteiger charge is -2.16. The highest BCUT2D eigenvalue weighted by Crippen LogP contribution is 2.24. The summed E-state index contributed by atoms with van der Waals surface area (Å²) < 4.78 is 13.3. The van der Waals surface area contributed by atoms with Crippen molar-refractivity contribution in [3.63, 3.8) is 0 Å². The van der Waals surface area contributed by atoms with E-state index in [9.17, 15) is 9.18 Å². The molecule has 0 saturated heterocycles. The van der Waals surface area contributed by atoms with Crippen LogP contribution in [0.5, 0.6) is 0 Å². The van der Waals surface area contributed by atoms with Gasteiger partial charge in [0, 0.05) is 13.1 Å². The summed E-state index contributed by atoms with van der Waals surface area (Å²) in [5, 5.41) is 3.07. The smallest absolute Gasteiger partial charge is 0.236 e. The van der Waals surface area contributed by atoms with Crippen LogP contribution in [-0.2, 0) is 11.2 Å². The first-order chi connectivity index (χ1) is 8.68. The molecule has 0 unspecified atom stereocenters. The van der Waals surface area contributed by atoms with Gasteiger partial charge in [-0.2, -0.15) is 0 Å². The first-order valence-corrected chi connectivity index (χ1v) is 6.38. The standard InChI is InChI=1S/C14H19FN2O/c1-17(12-6-7-12)14(18)10-16-9-8-11-4-2-3-5-13(11)15/h2-5,12,16H,6-10H2,1H3. The van der Waals surface area contributed by atoms with Gasteiger partial charge in [0.05, 0.1) is 6.54 Å². The first-order valence-electron chi connectivity index (χ1n) is 6.38. The van der Waals surface area contributed by atoms with Gasteiger partial charge in [-0.3, -0.25) is 4.79 Å². The van der Waals surface area contributed by atoms with Gasteiger partial charge in [-0.15, -0.1) is 0 Å². The van der Waals surface area contributed by atoms with Crippen molar-refractivity contribution < 1.29 is 9.18 Å². The van der Waals surface area contributed by atoms with Crippen LogP contribution in [-0.4, -0.2) is 37.0 Å². The molecule has 1 aliphatic carbocycles. The van der Waals surface area contributed by atoms with E-state index < -0.39 is 0 Å². The molecule has 1 aliphatic rings. The van der Waals surface area contributed by atoms with E-state index in [2.05, 4.69) is 5.32 Å². The Kier molecular flexibility index (Phi) is 4.31. The number of carbonyl (C=O) groups excluding carboxylic acids is 1. The van der Waals surface area contributed by atoms with Crippen LogP contribution in [0.4, 0.5) is 4.39 Å². The Bertz CT molecular complexity index is 418. The number of nitrogens with one attached hydrogen (secondary N) is 1. The summed E-state index contributed by atoms with van der Waals surface area (Å²) in [7, 11) is 1.85. The van der Waals surface area contributed by atoms with Crippen molar-refractivity contribution >= 4 is 5.91 Å². The number of hydrogen-bond donors (Lipinski definition) is 1. The van der Waals surface area contributed by atoms with Crippen LogP contribution in [0.3, 0.4) is 0 Å². The predicted octanol–water partition coefficient (Wildman–Crippen LogP) is 1.58. The van der Waals surface area contributed by atoms with Crippen LogP contribution in [0.1, 0.15) is 18.4 Å². The molecule has 2 rings (SSSR count). The lowest BCUT2D eigenvalue weighted by Crippen LogP contribution is -2.37. The van der Waals surface area contributed by atoms with E-state index in [1.165, 1.54) is 6.07 Å². The van der Waals surface area contributed by atoms with Crippen LogP contribution >= 0.6 is 0 Å². The number of likely N-dealkylation sites (N-methyl/N-ethyl adjacent to an activating group) is 1. The third-order valence-electron chi connectivity index (χ3n) is 3.29. The Hall–Kier alpha value is -1.42. The van der Waals surface area contributed by atoms with E-state index in [4.69, 9.17) is 0 Å². The van der Waals surface area contributed by atoms with Crippen molar-refractivity contribution in [2.75, 3.05) is 20.1 Å². The molecular weight excluding hydrogens is 231 g/mol. The predicted molar refractivity (Wildman–Crippen MR) is 68.8 cm³/mol. The van der Waals surface area contributed by atoms with Crippen molar-refractivity contribution in [2.24, 2.45) is 0 Å². The van der Waals surface area contributed by atoms with E-state index >= 15 is 0 Å². The molecule has 1 fully saturated rings. The molecule has 0 atom stereocenters. The van der Waals surface area contributed by atoms with E-state index in [-0.39, 0.29) is 11.7 Å². The molecule has 18 heavy (non-hydrogen) atoms. The fraction of sp³-hybridized carbons (Fsp3) is 0.500. The molecular formula is C14H19FN2O. The monoisotopic (exact) mass is 250 g/mol. The van der Waals surface area contributed by atoms with E-state index in [0.717, 1.165) is 12.8 Å². The van der Waals surface area contributed by atoms with E-state index in [1.807, 2.05) is 13.1 Å². The maximum atomic E-state index is 13.3. The zero-order valence-electron chi connectivity index (χ0n) is 10.7. The zero-order chi connectivity index (χ0) is 13.0. The Morgan fingerprint density at radius 1 is 1.44 bits per heavy atom. The fourth-order valence-corrected chi connectivity index (χ4v) is 1.91. The Morgan fingerprint density at radius 2 is 2.17 bits per heavy atom. The van der Waals surface area contributed by atoms with Crippen molar-refractivity contribution in [1.82, 2.24) is 10.2 Å². The Morgan fingerprint density at radius 3 is 2.83 bits per heavy atom. The van der Waals surface area contributed by atoms with Crippen molar-refractivity contribution in [2.45, 2.75) is 25.3 Å². The van der Waals surface area contributed by atoms with Gasteiger partial charge >= 0.3 is 0 Å². The molecule has 1 saturated carbocycles. The van der Waals surface area contributed by atoms with Crippen LogP contribution in [0.15, 0.2) is 24.3 Å². The molecule has 0 bridgehead atoms. The average Bonchev–Trinajstić information content (AvgIpc) is 3.19. The van der Waals surface area contributed by atoms with Gasteiger partial charge in [-0.25, -0.2) is 4.39 Å². The summed E-state index contributed by atoms with van der Waals surface area (Å²) in [6, 6.07) is 7.19. The quantitative estimate of drug-likeness (QED) is 0.777.